The monoisotopic (exact) mass is 214 g/mol. The van der Waals surface area contributed by atoms with Crippen molar-refractivity contribution in [3.8, 4) is 0 Å². The average molecular weight is 214 g/mol. The molecule has 1 atom stereocenters. The second kappa shape index (κ2) is 8.26. The van der Waals surface area contributed by atoms with E-state index in [1.807, 2.05) is 6.92 Å². The molecular weight excluding hydrogens is 192 g/mol. The summed E-state index contributed by atoms with van der Waals surface area (Å²) in [6, 6.07) is 0.242. The lowest BCUT2D eigenvalue weighted by Gasteiger charge is -2.16. The molecule has 0 fully saturated rings. The van der Waals surface area contributed by atoms with Crippen molar-refractivity contribution in [1.29, 1.82) is 0 Å². The lowest BCUT2D eigenvalue weighted by atomic mass is 10.1. The van der Waals surface area contributed by atoms with Gasteiger partial charge in [0, 0.05) is 25.9 Å². The normalized spacial score (nSPS) is 11.9. The maximum Gasteiger partial charge on any atom is 0.219 e. The van der Waals surface area contributed by atoms with Crippen LogP contribution in [0.3, 0.4) is 0 Å². The van der Waals surface area contributed by atoms with Crippen molar-refractivity contribution >= 4 is 11.8 Å². The maximum absolute atomic E-state index is 11.1. The zero-order valence-electron chi connectivity index (χ0n) is 9.93. The Morgan fingerprint density at radius 3 is 2.40 bits per heavy atom. The Kier molecular flexibility index (Phi) is 7.68. The van der Waals surface area contributed by atoms with Gasteiger partial charge in [0.15, 0.2) is 0 Å². The molecule has 0 radical (unpaired) electrons. The minimum absolute atomic E-state index is 0.000595. The molecule has 2 N–H and O–H groups in total. The molecule has 0 rings (SSSR count). The van der Waals surface area contributed by atoms with Crippen LogP contribution in [-0.4, -0.2) is 24.4 Å². The van der Waals surface area contributed by atoms with E-state index in [9.17, 15) is 9.59 Å². The summed E-state index contributed by atoms with van der Waals surface area (Å²) in [6.45, 7) is 6.10. The van der Waals surface area contributed by atoms with Crippen molar-refractivity contribution in [2.75, 3.05) is 6.54 Å². The fraction of sp³-hybridized carbons (Fsp3) is 0.818. The molecule has 0 aromatic rings. The van der Waals surface area contributed by atoms with Crippen molar-refractivity contribution in [3.05, 3.63) is 0 Å². The molecule has 0 bridgehead atoms. The lowest BCUT2D eigenvalue weighted by molar-refractivity contribution is -0.122. The summed E-state index contributed by atoms with van der Waals surface area (Å²) < 4.78 is 0. The third-order valence-corrected chi connectivity index (χ3v) is 2.28. The average Bonchev–Trinajstić information content (AvgIpc) is 2.21. The summed E-state index contributed by atoms with van der Waals surface area (Å²) >= 11 is 0. The number of amides is 2. The quantitative estimate of drug-likeness (QED) is 0.626. The summed E-state index contributed by atoms with van der Waals surface area (Å²) in [5, 5.41) is 5.69. The van der Waals surface area contributed by atoms with Crippen LogP contribution in [0, 0.1) is 0 Å². The Bertz CT molecular complexity index is 205. The van der Waals surface area contributed by atoms with Crippen molar-refractivity contribution in [3.63, 3.8) is 0 Å². The summed E-state index contributed by atoms with van der Waals surface area (Å²) in [5.74, 6) is 0.0991. The summed E-state index contributed by atoms with van der Waals surface area (Å²) in [7, 11) is 0. The summed E-state index contributed by atoms with van der Waals surface area (Å²) in [6.07, 6.45) is 3.29. The smallest absolute Gasteiger partial charge is 0.219 e. The molecule has 15 heavy (non-hydrogen) atoms. The molecule has 1 unspecified atom stereocenters. The molecule has 0 saturated carbocycles. The fourth-order valence-corrected chi connectivity index (χ4v) is 1.32. The van der Waals surface area contributed by atoms with Gasteiger partial charge in [-0.25, -0.2) is 0 Å². The number of nitrogens with one attached hydrogen (secondary N) is 2. The van der Waals surface area contributed by atoms with Crippen LogP contribution in [0.25, 0.3) is 0 Å². The molecule has 0 aliphatic carbocycles. The Labute approximate surface area is 91.8 Å². The van der Waals surface area contributed by atoms with E-state index < -0.39 is 0 Å². The first-order valence-corrected chi connectivity index (χ1v) is 5.63. The Hall–Kier alpha value is -1.06. The first kappa shape index (κ1) is 13.9. The number of hydrogen-bond donors (Lipinski definition) is 2. The SMILES string of the molecule is CCC(=O)NC(CC)CCCNC(C)=O. The van der Waals surface area contributed by atoms with E-state index in [1.165, 1.54) is 6.92 Å². The highest BCUT2D eigenvalue weighted by Crippen LogP contribution is 2.01. The van der Waals surface area contributed by atoms with Gasteiger partial charge < -0.3 is 10.6 Å². The van der Waals surface area contributed by atoms with Gasteiger partial charge in [-0.2, -0.15) is 0 Å². The first-order valence-electron chi connectivity index (χ1n) is 5.63. The molecule has 0 saturated heterocycles. The Morgan fingerprint density at radius 2 is 1.93 bits per heavy atom. The van der Waals surface area contributed by atoms with E-state index in [1.54, 1.807) is 0 Å². The van der Waals surface area contributed by atoms with E-state index in [2.05, 4.69) is 17.6 Å². The molecule has 0 spiro atoms. The predicted molar refractivity (Wildman–Crippen MR) is 60.4 cm³/mol. The van der Waals surface area contributed by atoms with E-state index in [0.29, 0.717) is 13.0 Å². The number of rotatable bonds is 7. The largest absolute Gasteiger partial charge is 0.356 e. The Balaban J connectivity index is 3.61. The third-order valence-electron chi connectivity index (χ3n) is 2.28. The van der Waals surface area contributed by atoms with Crippen LogP contribution in [0.2, 0.25) is 0 Å². The van der Waals surface area contributed by atoms with Crippen LogP contribution >= 0.6 is 0 Å². The molecule has 0 heterocycles. The zero-order valence-corrected chi connectivity index (χ0v) is 9.93. The highest BCUT2D eigenvalue weighted by atomic mass is 16.2. The minimum atomic E-state index is 0.000595. The lowest BCUT2D eigenvalue weighted by Crippen LogP contribution is -2.34. The number of hydrogen-bond acceptors (Lipinski definition) is 2. The topological polar surface area (TPSA) is 58.2 Å². The van der Waals surface area contributed by atoms with Crippen molar-refractivity contribution < 1.29 is 9.59 Å². The van der Waals surface area contributed by atoms with Gasteiger partial charge in [-0.3, -0.25) is 9.59 Å². The molecule has 2 amide bonds. The van der Waals surface area contributed by atoms with Gasteiger partial charge in [-0.15, -0.1) is 0 Å². The molecular formula is C11H22N2O2. The highest BCUT2D eigenvalue weighted by Gasteiger charge is 2.08. The fourth-order valence-electron chi connectivity index (χ4n) is 1.32. The molecule has 0 aliphatic rings. The van der Waals surface area contributed by atoms with Crippen LogP contribution < -0.4 is 10.6 Å². The van der Waals surface area contributed by atoms with Gasteiger partial charge in [0.25, 0.3) is 0 Å². The van der Waals surface area contributed by atoms with Crippen LogP contribution in [0.5, 0.6) is 0 Å². The second-order valence-corrected chi connectivity index (χ2v) is 3.65. The van der Waals surface area contributed by atoms with Crippen molar-refractivity contribution in [2.24, 2.45) is 0 Å². The molecule has 0 aliphatic heterocycles. The van der Waals surface area contributed by atoms with Crippen LogP contribution in [-0.2, 0) is 9.59 Å². The van der Waals surface area contributed by atoms with Crippen molar-refractivity contribution in [2.45, 2.75) is 52.5 Å². The molecule has 0 aromatic carbocycles. The summed E-state index contributed by atoms with van der Waals surface area (Å²) in [5.41, 5.74) is 0. The molecule has 4 nitrogen and oxygen atoms in total. The van der Waals surface area contributed by atoms with Gasteiger partial charge >= 0.3 is 0 Å². The van der Waals surface area contributed by atoms with Gasteiger partial charge in [-0.1, -0.05) is 13.8 Å². The standard InChI is InChI=1S/C11H22N2O2/c1-4-10(13-11(15)5-2)7-6-8-12-9(3)14/h10H,4-8H2,1-3H3,(H,12,14)(H,13,15). The minimum Gasteiger partial charge on any atom is -0.356 e. The molecule has 0 aromatic heterocycles. The third kappa shape index (κ3) is 7.97. The van der Waals surface area contributed by atoms with Gasteiger partial charge in [0.05, 0.1) is 0 Å². The van der Waals surface area contributed by atoms with E-state index in [-0.39, 0.29) is 17.9 Å². The predicted octanol–water partition coefficient (Wildman–Crippen LogP) is 1.21. The highest BCUT2D eigenvalue weighted by molar-refractivity contribution is 5.75. The van der Waals surface area contributed by atoms with Crippen LogP contribution in [0.15, 0.2) is 0 Å². The molecule has 4 heteroatoms. The van der Waals surface area contributed by atoms with Gasteiger partial charge in [-0.05, 0) is 19.3 Å². The van der Waals surface area contributed by atoms with E-state index >= 15 is 0 Å². The number of carbonyl (C=O) groups is 2. The van der Waals surface area contributed by atoms with E-state index in [0.717, 1.165) is 19.3 Å². The molecule has 88 valence electrons. The number of carbonyl (C=O) groups excluding carboxylic acids is 2. The first-order chi connectivity index (χ1) is 7.10. The van der Waals surface area contributed by atoms with Gasteiger partial charge in [0.1, 0.15) is 0 Å². The Morgan fingerprint density at radius 1 is 1.27 bits per heavy atom. The summed E-state index contributed by atoms with van der Waals surface area (Å²) in [4.78, 5) is 21.7. The maximum atomic E-state index is 11.1. The second-order valence-electron chi connectivity index (χ2n) is 3.65. The van der Waals surface area contributed by atoms with Gasteiger partial charge in [0.2, 0.25) is 11.8 Å². The van der Waals surface area contributed by atoms with Crippen LogP contribution in [0.4, 0.5) is 0 Å². The zero-order chi connectivity index (χ0) is 11.7. The van der Waals surface area contributed by atoms with Crippen LogP contribution in [0.1, 0.15) is 46.5 Å². The van der Waals surface area contributed by atoms with E-state index in [4.69, 9.17) is 0 Å². The van der Waals surface area contributed by atoms with Crippen molar-refractivity contribution in [1.82, 2.24) is 10.6 Å².